The van der Waals surface area contributed by atoms with Crippen molar-refractivity contribution in [2.24, 2.45) is 4.99 Å². The topological polar surface area (TPSA) is 12.4 Å². The van der Waals surface area contributed by atoms with Crippen molar-refractivity contribution in [1.29, 1.82) is 0 Å². The van der Waals surface area contributed by atoms with Gasteiger partial charge in [-0.3, -0.25) is 4.99 Å². The molecule has 0 aromatic rings. The van der Waals surface area contributed by atoms with E-state index in [2.05, 4.69) is 20.9 Å². The zero-order chi connectivity index (χ0) is 6.04. The van der Waals surface area contributed by atoms with Crippen LogP contribution >= 0.6 is 27.5 Å². The van der Waals surface area contributed by atoms with Gasteiger partial charge in [-0.2, -0.15) is 0 Å². The Hall–Kier alpha value is 0.180. The fourth-order valence-electron chi connectivity index (χ4n) is 0.472. The molecule has 1 nitrogen and oxygen atoms in total. The summed E-state index contributed by atoms with van der Waals surface area (Å²) in [5.41, 5.74) is 0. The SMILES string of the molecule is ClC1(Br)C=CC=NC1. The number of allylic oxidation sites excluding steroid dienone is 1. The van der Waals surface area contributed by atoms with Crippen molar-refractivity contribution in [3.8, 4) is 0 Å². The predicted molar refractivity (Wildman–Crippen MR) is 40.0 cm³/mol. The van der Waals surface area contributed by atoms with Crippen LogP contribution in [-0.2, 0) is 0 Å². The summed E-state index contributed by atoms with van der Waals surface area (Å²) >= 11 is 9.05. The minimum absolute atomic E-state index is 0.415. The average Bonchev–Trinajstić information content (AvgIpc) is 1.65. The molecule has 1 aliphatic rings. The fraction of sp³-hybridized carbons (Fsp3) is 0.400. The van der Waals surface area contributed by atoms with Crippen molar-refractivity contribution in [2.45, 2.75) is 3.78 Å². The summed E-state index contributed by atoms with van der Waals surface area (Å²) in [7, 11) is 0. The Morgan fingerprint density at radius 1 is 1.75 bits per heavy atom. The van der Waals surface area contributed by atoms with E-state index in [0.29, 0.717) is 6.54 Å². The van der Waals surface area contributed by atoms with Gasteiger partial charge in [-0.15, -0.1) is 11.6 Å². The summed E-state index contributed by atoms with van der Waals surface area (Å²) in [6.07, 6.45) is 5.43. The van der Waals surface area contributed by atoms with Gasteiger partial charge in [0.1, 0.15) is 3.78 Å². The Kier molecular flexibility index (Phi) is 1.73. The van der Waals surface area contributed by atoms with Gasteiger partial charge in [-0.05, 0) is 12.2 Å². The molecule has 0 bridgehead atoms. The first-order valence-corrected chi connectivity index (χ1v) is 3.43. The van der Waals surface area contributed by atoms with Gasteiger partial charge in [0.25, 0.3) is 0 Å². The number of aliphatic imine (C=N–C) groups is 1. The van der Waals surface area contributed by atoms with Crippen molar-refractivity contribution >= 4 is 33.7 Å². The Labute approximate surface area is 61.6 Å². The number of alkyl halides is 2. The van der Waals surface area contributed by atoms with Crippen LogP contribution in [0.15, 0.2) is 17.1 Å². The molecule has 0 aromatic heterocycles. The third-order valence-corrected chi connectivity index (χ3v) is 1.59. The van der Waals surface area contributed by atoms with Gasteiger partial charge in [-0.25, -0.2) is 0 Å². The lowest BCUT2D eigenvalue weighted by Gasteiger charge is -2.13. The molecule has 0 aromatic carbocycles. The number of hydrogen-bond donors (Lipinski definition) is 0. The van der Waals surface area contributed by atoms with E-state index in [1.165, 1.54) is 0 Å². The molecule has 0 radical (unpaired) electrons. The lowest BCUT2D eigenvalue weighted by Crippen LogP contribution is -2.14. The highest BCUT2D eigenvalue weighted by molar-refractivity contribution is 9.10. The van der Waals surface area contributed by atoms with Gasteiger partial charge in [0, 0.05) is 6.21 Å². The first-order chi connectivity index (χ1) is 3.71. The quantitative estimate of drug-likeness (QED) is 0.523. The molecule has 0 aliphatic carbocycles. The molecule has 1 unspecified atom stereocenters. The summed E-state index contributed by atoms with van der Waals surface area (Å²) in [5, 5.41) is 0. The zero-order valence-corrected chi connectivity index (χ0v) is 6.48. The van der Waals surface area contributed by atoms with Crippen LogP contribution in [0.2, 0.25) is 0 Å². The van der Waals surface area contributed by atoms with Crippen LogP contribution in [0, 0.1) is 0 Å². The number of rotatable bonds is 0. The average molecular weight is 194 g/mol. The number of halogens is 2. The second kappa shape index (κ2) is 2.19. The van der Waals surface area contributed by atoms with Gasteiger partial charge < -0.3 is 0 Å². The smallest absolute Gasteiger partial charge is 0.137 e. The summed E-state index contributed by atoms with van der Waals surface area (Å²) in [6, 6.07) is 0. The molecule has 1 aliphatic heterocycles. The van der Waals surface area contributed by atoms with Crippen LogP contribution in [0.3, 0.4) is 0 Å². The predicted octanol–water partition coefficient (Wildman–Crippen LogP) is 1.96. The lowest BCUT2D eigenvalue weighted by molar-refractivity contribution is 0.967. The molecule has 44 valence electrons. The lowest BCUT2D eigenvalue weighted by atomic mass is 10.3. The number of nitrogens with zero attached hydrogens (tertiary/aromatic N) is 1. The third kappa shape index (κ3) is 1.60. The molecule has 1 heterocycles. The van der Waals surface area contributed by atoms with Crippen molar-refractivity contribution < 1.29 is 0 Å². The molecule has 0 amide bonds. The second-order valence-electron chi connectivity index (χ2n) is 1.61. The van der Waals surface area contributed by atoms with Crippen LogP contribution in [0.5, 0.6) is 0 Å². The van der Waals surface area contributed by atoms with Gasteiger partial charge in [0.05, 0.1) is 6.54 Å². The van der Waals surface area contributed by atoms with E-state index in [0.717, 1.165) is 0 Å². The van der Waals surface area contributed by atoms with E-state index in [9.17, 15) is 0 Å². The minimum Gasteiger partial charge on any atom is -0.290 e. The molecular formula is C5H5BrClN. The Balaban J connectivity index is 2.65. The van der Waals surface area contributed by atoms with Crippen LogP contribution in [0.25, 0.3) is 0 Å². The highest BCUT2D eigenvalue weighted by Gasteiger charge is 2.18. The normalized spacial score (nSPS) is 35.8. The Morgan fingerprint density at radius 3 is 2.75 bits per heavy atom. The summed E-state index contributed by atoms with van der Waals surface area (Å²) < 4.78 is -0.415. The fourth-order valence-corrected chi connectivity index (χ4v) is 0.911. The standard InChI is InChI=1S/C5H5BrClN/c6-5(7)2-1-3-8-4-5/h1-3H,4H2. The molecule has 0 spiro atoms. The third-order valence-electron chi connectivity index (χ3n) is 0.834. The van der Waals surface area contributed by atoms with Crippen LogP contribution in [0.1, 0.15) is 0 Å². The molecule has 3 heteroatoms. The molecular weight excluding hydrogens is 189 g/mol. The summed E-state index contributed by atoms with van der Waals surface area (Å²) in [5.74, 6) is 0. The van der Waals surface area contributed by atoms with Crippen molar-refractivity contribution in [3.05, 3.63) is 12.2 Å². The number of dihydropyridines is 1. The van der Waals surface area contributed by atoms with E-state index >= 15 is 0 Å². The number of hydrogen-bond acceptors (Lipinski definition) is 1. The van der Waals surface area contributed by atoms with Crippen LogP contribution in [-0.4, -0.2) is 16.5 Å². The minimum atomic E-state index is -0.415. The molecule has 1 rings (SSSR count). The van der Waals surface area contributed by atoms with E-state index in [4.69, 9.17) is 11.6 Å². The van der Waals surface area contributed by atoms with E-state index < -0.39 is 3.78 Å². The van der Waals surface area contributed by atoms with Crippen LogP contribution in [0.4, 0.5) is 0 Å². The zero-order valence-electron chi connectivity index (χ0n) is 4.14. The van der Waals surface area contributed by atoms with Gasteiger partial charge in [0.15, 0.2) is 0 Å². The maximum atomic E-state index is 5.79. The first kappa shape index (κ1) is 6.30. The maximum Gasteiger partial charge on any atom is 0.137 e. The van der Waals surface area contributed by atoms with Gasteiger partial charge >= 0.3 is 0 Å². The Bertz CT molecular complexity index is 139. The molecule has 8 heavy (non-hydrogen) atoms. The largest absolute Gasteiger partial charge is 0.290 e. The van der Waals surface area contributed by atoms with E-state index in [1.54, 1.807) is 6.21 Å². The summed E-state index contributed by atoms with van der Waals surface area (Å²) in [6.45, 7) is 0.616. The monoisotopic (exact) mass is 193 g/mol. The molecule has 1 atom stereocenters. The Morgan fingerprint density at radius 2 is 2.50 bits per heavy atom. The van der Waals surface area contributed by atoms with Gasteiger partial charge in [-0.1, -0.05) is 15.9 Å². The van der Waals surface area contributed by atoms with Crippen molar-refractivity contribution in [1.82, 2.24) is 0 Å². The molecule has 0 N–H and O–H groups in total. The summed E-state index contributed by atoms with van der Waals surface area (Å²) in [4.78, 5) is 3.94. The molecule has 0 fully saturated rings. The van der Waals surface area contributed by atoms with E-state index in [1.807, 2.05) is 12.2 Å². The molecule has 0 saturated carbocycles. The highest BCUT2D eigenvalue weighted by atomic mass is 79.9. The molecule has 0 saturated heterocycles. The van der Waals surface area contributed by atoms with Gasteiger partial charge in [0.2, 0.25) is 0 Å². The van der Waals surface area contributed by atoms with E-state index in [-0.39, 0.29) is 0 Å². The first-order valence-electron chi connectivity index (χ1n) is 2.26. The van der Waals surface area contributed by atoms with Crippen molar-refractivity contribution in [3.63, 3.8) is 0 Å². The van der Waals surface area contributed by atoms with Crippen molar-refractivity contribution in [2.75, 3.05) is 6.54 Å². The maximum absolute atomic E-state index is 5.79. The highest BCUT2D eigenvalue weighted by Crippen LogP contribution is 2.26. The van der Waals surface area contributed by atoms with Crippen LogP contribution < -0.4 is 0 Å². The second-order valence-corrected chi connectivity index (χ2v) is 4.16.